The fourth-order valence-corrected chi connectivity index (χ4v) is 4.57. The molecule has 2 rings (SSSR count). The van der Waals surface area contributed by atoms with Gasteiger partial charge in [0.2, 0.25) is 9.84 Å². The molecule has 100 valence electrons. The van der Waals surface area contributed by atoms with Crippen molar-refractivity contribution in [3.8, 4) is 0 Å². The number of halogens is 1. The zero-order valence-corrected chi connectivity index (χ0v) is 12.6. The lowest BCUT2D eigenvalue weighted by Crippen LogP contribution is -2.07. The molecule has 2 aromatic carbocycles. The molecule has 2 nitrogen and oxygen atoms in total. The molecule has 19 heavy (non-hydrogen) atoms. The van der Waals surface area contributed by atoms with E-state index in [1.54, 1.807) is 18.2 Å². The maximum Gasteiger partial charge on any atom is 0.208 e. The fourth-order valence-electron chi connectivity index (χ4n) is 2.36. The fraction of sp³-hybridized carbons (Fsp3) is 0.200. The number of rotatable bonds is 2. The van der Waals surface area contributed by atoms with E-state index in [9.17, 15) is 8.42 Å². The highest BCUT2D eigenvalue weighted by molar-refractivity contribution is 7.91. The summed E-state index contributed by atoms with van der Waals surface area (Å²) < 4.78 is 25.4. The molecule has 0 radical (unpaired) electrons. The first-order valence-electron chi connectivity index (χ1n) is 5.91. The smallest absolute Gasteiger partial charge is 0.208 e. The van der Waals surface area contributed by atoms with Gasteiger partial charge in [0.15, 0.2) is 0 Å². The van der Waals surface area contributed by atoms with Crippen LogP contribution >= 0.6 is 11.6 Å². The minimum absolute atomic E-state index is 0.159. The topological polar surface area (TPSA) is 34.1 Å². The third kappa shape index (κ3) is 2.53. The average Bonchev–Trinajstić information content (AvgIpc) is 2.27. The lowest BCUT2D eigenvalue weighted by Gasteiger charge is -2.13. The van der Waals surface area contributed by atoms with Crippen molar-refractivity contribution < 1.29 is 8.42 Å². The Kier molecular flexibility index (Phi) is 3.70. The highest BCUT2D eigenvalue weighted by Gasteiger charge is 2.24. The van der Waals surface area contributed by atoms with Gasteiger partial charge in [-0.25, -0.2) is 8.42 Å². The van der Waals surface area contributed by atoms with Gasteiger partial charge in [-0.2, -0.15) is 0 Å². The van der Waals surface area contributed by atoms with Crippen LogP contribution < -0.4 is 0 Å². The zero-order chi connectivity index (χ0) is 14.2. The first-order valence-corrected chi connectivity index (χ1v) is 7.77. The van der Waals surface area contributed by atoms with Crippen LogP contribution in [-0.4, -0.2) is 8.42 Å². The third-order valence-corrected chi connectivity index (χ3v) is 5.56. The first kappa shape index (κ1) is 14.1. The van der Waals surface area contributed by atoms with Crippen molar-refractivity contribution in [2.75, 3.05) is 0 Å². The van der Waals surface area contributed by atoms with Crippen LogP contribution in [0, 0.1) is 20.8 Å². The molecule has 0 heterocycles. The molecule has 0 aliphatic rings. The minimum Gasteiger partial charge on any atom is -0.218 e. The van der Waals surface area contributed by atoms with Crippen LogP contribution in [0.1, 0.15) is 16.7 Å². The van der Waals surface area contributed by atoms with E-state index in [-0.39, 0.29) is 9.92 Å². The quantitative estimate of drug-likeness (QED) is 0.836. The van der Waals surface area contributed by atoms with Crippen molar-refractivity contribution in [2.45, 2.75) is 30.6 Å². The molecular formula is C15H15ClO2S. The molecule has 0 spiro atoms. The summed E-state index contributed by atoms with van der Waals surface area (Å²) in [5, 5.41) is 0.252. The second-order valence-electron chi connectivity index (χ2n) is 4.66. The Balaban J connectivity index is 2.75. The first-order chi connectivity index (χ1) is 8.84. The van der Waals surface area contributed by atoms with Gasteiger partial charge in [-0.3, -0.25) is 0 Å². The van der Waals surface area contributed by atoms with E-state index in [2.05, 4.69) is 0 Å². The van der Waals surface area contributed by atoms with Gasteiger partial charge in [0, 0.05) is 0 Å². The number of aryl methyl sites for hydroxylation is 3. The van der Waals surface area contributed by atoms with E-state index in [0.29, 0.717) is 4.90 Å². The lowest BCUT2D eigenvalue weighted by molar-refractivity contribution is 0.595. The van der Waals surface area contributed by atoms with Crippen LogP contribution in [0.4, 0.5) is 0 Å². The van der Waals surface area contributed by atoms with Crippen LogP contribution in [0.25, 0.3) is 0 Å². The lowest BCUT2D eigenvalue weighted by atomic mass is 10.1. The zero-order valence-electron chi connectivity index (χ0n) is 11.1. The summed E-state index contributed by atoms with van der Waals surface area (Å²) in [6, 6.07) is 10.3. The number of sulfone groups is 1. The Hall–Kier alpha value is -1.32. The summed E-state index contributed by atoms with van der Waals surface area (Å²) in [5.74, 6) is 0. The van der Waals surface area contributed by atoms with Crippen LogP contribution in [0.15, 0.2) is 46.2 Å². The van der Waals surface area contributed by atoms with Crippen LogP contribution in [0.5, 0.6) is 0 Å². The average molecular weight is 295 g/mol. The van der Waals surface area contributed by atoms with E-state index < -0.39 is 9.84 Å². The van der Waals surface area contributed by atoms with E-state index >= 15 is 0 Å². The predicted octanol–water partition coefficient (Wildman–Crippen LogP) is 4.10. The molecule has 0 atom stereocenters. The van der Waals surface area contributed by atoms with Gasteiger partial charge in [-0.05, 0) is 44.0 Å². The summed E-state index contributed by atoms with van der Waals surface area (Å²) in [6.45, 7) is 5.57. The van der Waals surface area contributed by atoms with Crippen molar-refractivity contribution in [3.05, 3.63) is 58.1 Å². The van der Waals surface area contributed by atoms with Crippen molar-refractivity contribution in [1.29, 1.82) is 0 Å². The molecule has 2 aromatic rings. The second kappa shape index (κ2) is 4.99. The van der Waals surface area contributed by atoms with E-state index in [1.807, 2.05) is 32.9 Å². The molecule has 0 aromatic heterocycles. The Labute approximate surface area is 119 Å². The number of hydrogen-bond donors (Lipinski definition) is 0. The Morgan fingerprint density at radius 2 is 1.47 bits per heavy atom. The Bertz CT molecular complexity index is 711. The maximum absolute atomic E-state index is 12.7. The predicted molar refractivity (Wildman–Crippen MR) is 77.6 cm³/mol. The van der Waals surface area contributed by atoms with E-state index in [0.717, 1.165) is 16.7 Å². The largest absolute Gasteiger partial charge is 0.218 e. The summed E-state index contributed by atoms with van der Waals surface area (Å²) in [7, 11) is -3.58. The molecule has 4 heteroatoms. The van der Waals surface area contributed by atoms with Gasteiger partial charge in [0.05, 0.1) is 14.8 Å². The summed E-state index contributed by atoms with van der Waals surface area (Å²) in [4.78, 5) is 0.512. The summed E-state index contributed by atoms with van der Waals surface area (Å²) in [5.41, 5.74) is 2.54. The van der Waals surface area contributed by atoms with Gasteiger partial charge in [-0.1, -0.05) is 41.4 Å². The van der Waals surface area contributed by atoms with Gasteiger partial charge < -0.3 is 0 Å². The molecule has 0 saturated heterocycles. The molecule has 0 bridgehead atoms. The standard InChI is InChI=1S/C15H15ClO2S/c1-10-8-11(2)15(12(3)9-10)19(17,18)14-7-5-4-6-13(14)16/h4-9H,1-3H3. The Morgan fingerprint density at radius 3 is 2.00 bits per heavy atom. The van der Waals surface area contributed by atoms with Crippen LogP contribution in [0.3, 0.4) is 0 Å². The summed E-state index contributed by atoms with van der Waals surface area (Å²) in [6.07, 6.45) is 0. The molecule has 0 aliphatic heterocycles. The van der Waals surface area contributed by atoms with Gasteiger partial charge in [0.25, 0.3) is 0 Å². The third-order valence-electron chi connectivity index (χ3n) is 3.00. The highest BCUT2D eigenvalue weighted by Crippen LogP contribution is 2.31. The number of hydrogen-bond acceptors (Lipinski definition) is 2. The molecule has 0 saturated carbocycles. The Morgan fingerprint density at radius 1 is 0.947 bits per heavy atom. The molecule has 0 amide bonds. The van der Waals surface area contributed by atoms with Crippen molar-refractivity contribution in [2.24, 2.45) is 0 Å². The monoisotopic (exact) mass is 294 g/mol. The summed E-state index contributed by atoms with van der Waals surface area (Å²) >= 11 is 6.02. The minimum atomic E-state index is -3.58. The number of benzene rings is 2. The van der Waals surface area contributed by atoms with Gasteiger partial charge >= 0.3 is 0 Å². The maximum atomic E-state index is 12.7. The van der Waals surface area contributed by atoms with Crippen LogP contribution in [-0.2, 0) is 9.84 Å². The molecule has 0 fully saturated rings. The van der Waals surface area contributed by atoms with E-state index in [4.69, 9.17) is 11.6 Å². The molecule has 0 aliphatic carbocycles. The van der Waals surface area contributed by atoms with Crippen molar-refractivity contribution in [3.63, 3.8) is 0 Å². The SMILES string of the molecule is Cc1cc(C)c(S(=O)(=O)c2ccccc2Cl)c(C)c1. The van der Waals surface area contributed by atoms with Crippen LogP contribution in [0.2, 0.25) is 5.02 Å². The van der Waals surface area contributed by atoms with Gasteiger partial charge in [0.1, 0.15) is 0 Å². The van der Waals surface area contributed by atoms with E-state index in [1.165, 1.54) is 6.07 Å². The van der Waals surface area contributed by atoms with Crippen molar-refractivity contribution >= 4 is 21.4 Å². The molecule has 0 N–H and O–H groups in total. The highest BCUT2D eigenvalue weighted by atomic mass is 35.5. The normalized spacial score (nSPS) is 11.6. The van der Waals surface area contributed by atoms with Gasteiger partial charge in [-0.15, -0.1) is 0 Å². The molecule has 0 unspecified atom stereocenters. The second-order valence-corrected chi connectivity index (χ2v) is 6.92. The molecular weight excluding hydrogens is 280 g/mol. The van der Waals surface area contributed by atoms with Crippen molar-refractivity contribution in [1.82, 2.24) is 0 Å².